The summed E-state index contributed by atoms with van der Waals surface area (Å²) in [5.74, 6) is 0.339. The fourth-order valence-electron chi connectivity index (χ4n) is 4.73. The Morgan fingerprint density at radius 3 is 2.34 bits per heavy atom. The molecule has 0 N–H and O–H groups in total. The van der Waals surface area contributed by atoms with Crippen LogP contribution in [0.15, 0.2) is 54.6 Å². The van der Waals surface area contributed by atoms with Gasteiger partial charge in [-0.3, -0.25) is 9.59 Å². The lowest BCUT2D eigenvalue weighted by atomic mass is 10.0. The lowest BCUT2D eigenvalue weighted by Gasteiger charge is -2.35. The van der Waals surface area contributed by atoms with Crippen molar-refractivity contribution in [2.45, 2.75) is 64.1 Å². The van der Waals surface area contributed by atoms with Crippen LogP contribution in [0.3, 0.4) is 0 Å². The molecule has 0 aromatic heterocycles. The molecule has 1 saturated heterocycles. The monoisotopic (exact) mass is 390 g/mol. The summed E-state index contributed by atoms with van der Waals surface area (Å²) in [5.41, 5.74) is 2.99. The topological polar surface area (TPSA) is 40.6 Å². The van der Waals surface area contributed by atoms with Crippen molar-refractivity contribution >= 4 is 11.8 Å². The minimum Gasteiger partial charge on any atom is -0.338 e. The lowest BCUT2D eigenvalue weighted by molar-refractivity contribution is -0.128. The predicted molar refractivity (Wildman–Crippen MR) is 114 cm³/mol. The minimum absolute atomic E-state index is 0.0497. The molecule has 2 aromatic rings. The van der Waals surface area contributed by atoms with Gasteiger partial charge in [0, 0.05) is 31.1 Å². The predicted octanol–water partition coefficient (Wildman–Crippen LogP) is 4.96. The fourth-order valence-corrected chi connectivity index (χ4v) is 4.73. The van der Waals surface area contributed by atoms with Crippen molar-refractivity contribution in [3.63, 3.8) is 0 Å². The Morgan fingerprint density at radius 1 is 1.03 bits per heavy atom. The standard InChI is InChI=1S/C25H30N2O2/c1-19(21-8-3-2-4-9-21)27(23-10-5-6-11-23)25(29)22-15-13-20(14-16-22)18-26-17-7-12-24(26)28/h2-4,8-9,13-16,19,23H,5-7,10-12,17-18H2,1H3. The molecule has 0 bridgehead atoms. The Labute approximate surface area is 173 Å². The maximum absolute atomic E-state index is 13.5. The summed E-state index contributed by atoms with van der Waals surface area (Å²) >= 11 is 0. The van der Waals surface area contributed by atoms with Crippen molar-refractivity contribution in [1.82, 2.24) is 9.80 Å². The summed E-state index contributed by atoms with van der Waals surface area (Å²) in [6.07, 6.45) is 6.15. The Morgan fingerprint density at radius 2 is 1.72 bits per heavy atom. The largest absolute Gasteiger partial charge is 0.338 e. The molecule has 4 rings (SSSR count). The maximum Gasteiger partial charge on any atom is 0.254 e. The number of likely N-dealkylation sites (tertiary alicyclic amines) is 1. The molecular weight excluding hydrogens is 360 g/mol. The van der Waals surface area contributed by atoms with E-state index in [1.54, 1.807) is 0 Å². The first-order valence-corrected chi connectivity index (χ1v) is 10.9. The second-order valence-corrected chi connectivity index (χ2v) is 8.35. The molecule has 1 unspecified atom stereocenters. The molecule has 0 radical (unpaired) electrons. The van der Waals surface area contributed by atoms with Gasteiger partial charge in [0.25, 0.3) is 5.91 Å². The van der Waals surface area contributed by atoms with Crippen molar-refractivity contribution in [3.05, 3.63) is 71.3 Å². The smallest absolute Gasteiger partial charge is 0.254 e. The molecule has 2 aromatic carbocycles. The number of hydrogen-bond donors (Lipinski definition) is 0. The van der Waals surface area contributed by atoms with Crippen LogP contribution in [0.2, 0.25) is 0 Å². The molecule has 0 spiro atoms. The van der Waals surface area contributed by atoms with E-state index in [-0.39, 0.29) is 17.9 Å². The van der Waals surface area contributed by atoms with Gasteiger partial charge in [-0.25, -0.2) is 0 Å². The highest BCUT2D eigenvalue weighted by atomic mass is 16.2. The van der Waals surface area contributed by atoms with Gasteiger partial charge in [0.1, 0.15) is 0 Å². The van der Waals surface area contributed by atoms with Crippen LogP contribution in [0, 0.1) is 0 Å². The van der Waals surface area contributed by atoms with E-state index in [4.69, 9.17) is 0 Å². The third-order valence-corrected chi connectivity index (χ3v) is 6.40. The van der Waals surface area contributed by atoms with E-state index in [1.807, 2.05) is 47.4 Å². The van der Waals surface area contributed by atoms with Crippen LogP contribution >= 0.6 is 0 Å². The van der Waals surface area contributed by atoms with E-state index in [9.17, 15) is 9.59 Å². The molecule has 1 atom stereocenters. The van der Waals surface area contributed by atoms with Crippen LogP contribution in [0.25, 0.3) is 0 Å². The maximum atomic E-state index is 13.5. The van der Waals surface area contributed by atoms with E-state index in [1.165, 1.54) is 18.4 Å². The molecular formula is C25H30N2O2. The number of benzene rings is 2. The Kier molecular flexibility index (Phi) is 5.98. The number of nitrogens with zero attached hydrogens (tertiary/aromatic N) is 2. The van der Waals surface area contributed by atoms with Crippen LogP contribution < -0.4 is 0 Å². The van der Waals surface area contributed by atoms with E-state index < -0.39 is 0 Å². The molecule has 1 aliphatic carbocycles. The van der Waals surface area contributed by atoms with Gasteiger partial charge in [-0.2, -0.15) is 0 Å². The summed E-state index contributed by atoms with van der Waals surface area (Å²) in [7, 11) is 0. The summed E-state index contributed by atoms with van der Waals surface area (Å²) in [6, 6.07) is 18.5. The Hall–Kier alpha value is -2.62. The van der Waals surface area contributed by atoms with Crippen molar-refractivity contribution in [1.29, 1.82) is 0 Å². The van der Waals surface area contributed by atoms with Crippen LogP contribution in [0.5, 0.6) is 0 Å². The zero-order valence-electron chi connectivity index (χ0n) is 17.2. The molecule has 29 heavy (non-hydrogen) atoms. The molecule has 4 nitrogen and oxygen atoms in total. The summed E-state index contributed by atoms with van der Waals surface area (Å²) < 4.78 is 0. The Balaban J connectivity index is 1.53. The zero-order valence-corrected chi connectivity index (χ0v) is 17.2. The van der Waals surface area contributed by atoms with Gasteiger partial charge < -0.3 is 9.80 Å². The van der Waals surface area contributed by atoms with Crippen LogP contribution in [-0.2, 0) is 11.3 Å². The van der Waals surface area contributed by atoms with Crippen molar-refractivity contribution in [2.24, 2.45) is 0 Å². The Bertz CT molecular complexity index is 841. The van der Waals surface area contributed by atoms with Crippen molar-refractivity contribution in [3.8, 4) is 0 Å². The van der Waals surface area contributed by atoms with E-state index in [0.717, 1.165) is 36.9 Å². The normalized spacial score (nSPS) is 18.2. The third kappa shape index (κ3) is 4.36. The highest BCUT2D eigenvalue weighted by molar-refractivity contribution is 5.94. The van der Waals surface area contributed by atoms with Gasteiger partial charge in [-0.15, -0.1) is 0 Å². The number of carbonyl (C=O) groups is 2. The van der Waals surface area contributed by atoms with Crippen LogP contribution in [0.1, 0.15) is 73.0 Å². The quantitative estimate of drug-likeness (QED) is 0.700. The van der Waals surface area contributed by atoms with Gasteiger partial charge in [-0.05, 0) is 49.4 Å². The first kappa shape index (κ1) is 19.7. The van der Waals surface area contributed by atoms with Crippen molar-refractivity contribution < 1.29 is 9.59 Å². The third-order valence-electron chi connectivity index (χ3n) is 6.40. The second-order valence-electron chi connectivity index (χ2n) is 8.35. The van der Waals surface area contributed by atoms with E-state index in [2.05, 4.69) is 24.0 Å². The van der Waals surface area contributed by atoms with Gasteiger partial charge in [-0.1, -0.05) is 55.3 Å². The average molecular weight is 391 g/mol. The molecule has 4 heteroatoms. The molecule has 2 amide bonds. The highest BCUT2D eigenvalue weighted by Crippen LogP contribution is 2.32. The summed E-state index contributed by atoms with van der Waals surface area (Å²) in [5, 5.41) is 0. The summed E-state index contributed by atoms with van der Waals surface area (Å²) in [4.78, 5) is 29.4. The van der Waals surface area contributed by atoms with Crippen molar-refractivity contribution in [2.75, 3.05) is 6.54 Å². The van der Waals surface area contributed by atoms with Gasteiger partial charge >= 0.3 is 0 Å². The molecule has 2 fully saturated rings. The number of carbonyl (C=O) groups excluding carboxylic acids is 2. The lowest BCUT2D eigenvalue weighted by Crippen LogP contribution is -2.40. The van der Waals surface area contributed by atoms with Crippen LogP contribution in [-0.4, -0.2) is 34.2 Å². The highest BCUT2D eigenvalue weighted by Gasteiger charge is 2.32. The van der Waals surface area contributed by atoms with E-state index >= 15 is 0 Å². The van der Waals surface area contributed by atoms with Gasteiger partial charge in [0.2, 0.25) is 5.91 Å². The van der Waals surface area contributed by atoms with E-state index in [0.29, 0.717) is 19.0 Å². The van der Waals surface area contributed by atoms with Gasteiger partial charge in [0.15, 0.2) is 0 Å². The first-order valence-electron chi connectivity index (χ1n) is 10.9. The molecule has 1 aliphatic heterocycles. The molecule has 1 saturated carbocycles. The number of rotatable bonds is 6. The first-order chi connectivity index (χ1) is 14.1. The minimum atomic E-state index is 0.0497. The molecule has 152 valence electrons. The number of hydrogen-bond acceptors (Lipinski definition) is 2. The molecule has 2 aliphatic rings. The zero-order chi connectivity index (χ0) is 20.2. The SMILES string of the molecule is CC(c1ccccc1)N(C(=O)c1ccc(CN2CCCC2=O)cc1)C1CCCC1. The second kappa shape index (κ2) is 8.81. The van der Waals surface area contributed by atoms with Crippen LogP contribution in [0.4, 0.5) is 0 Å². The van der Waals surface area contributed by atoms with Gasteiger partial charge in [0.05, 0.1) is 6.04 Å². The fraction of sp³-hybridized carbons (Fsp3) is 0.440. The average Bonchev–Trinajstić information content (AvgIpc) is 3.42. The summed E-state index contributed by atoms with van der Waals surface area (Å²) in [6.45, 7) is 3.61. The number of amides is 2. The molecule has 1 heterocycles.